The maximum absolute atomic E-state index is 9.87. The summed E-state index contributed by atoms with van der Waals surface area (Å²) in [6.45, 7) is 5.45. The summed E-state index contributed by atoms with van der Waals surface area (Å²) in [4.78, 5) is 0. The normalized spacial score (nSPS) is 15.0. The average molecular weight is 431 g/mol. The second-order valence-electron chi connectivity index (χ2n) is 7.53. The fourth-order valence-electron chi connectivity index (χ4n) is 3.71. The van der Waals surface area contributed by atoms with Crippen molar-refractivity contribution < 1.29 is 14.2 Å². The highest BCUT2D eigenvalue weighted by molar-refractivity contribution is 5.71. The van der Waals surface area contributed by atoms with Crippen molar-refractivity contribution in [3.05, 3.63) is 71.1 Å². The minimum absolute atomic E-state index is 0.0673. The number of hydrogen-bond donors (Lipinski definition) is 2. The molecule has 0 unspecified atom stereocenters. The van der Waals surface area contributed by atoms with Gasteiger partial charge in [0, 0.05) is 5.56 Å². The molecule has 0 fully saturated rings. The number of rotatable bonds is 8. The number of nitrogens with zero attached hydrogens (tertiary/aromatic N) is 2. The Morgan fingerprint density at radius 2 is 1.59 bits per heavy atom. The Kier molecular flexibility index (Phi) is 6.31. The van der Waals surface area contributed by atoms with Crippen LogP contribution in [0.25, 0.3) is 11.3 Å². The highest BCUT2D eigenvalue weighted by atomic mass is 16.5. The molecular formula is C25H26N4O3. The number of ether oxygens (including phenoxy) is 3. The van der Waals surface area contributed by atoms with E-state index >= 15 is 0 Å². The molecule has 1 aliphatic heterocycles. The predicted octanol–water partition coefficient (Wildman–Crippen LogP) is 4.87. The van der Waals surface area contributed by atoms with E-state index in [1.165, 1.54) is 0 Å². The van der Waals surface area contributed by atoms with Gasteiger partial charge < -0.3 is 19.9 Å². The van der Waals surface area contributed by atoms with Gasteiger partial charge >= 0.3 is 0 Å². The number of benzene rings is 2. The molecule has 3 N–H and O–H groups in total. The molecule has 1 aromatic heterocycles. The van der Waals surface area contributed by atoms with E-state index in [4.69, 9.17) is 19.9 Å². The molecule has 1 atom stereocenters. The number of H-pyrrole nitrogens is 1. The van der Waals surface area contributed by atoms with Gasteiger partial charge in [-0.2, -0.15) is 5.26 Å². The third-order valence-corrected chi connectivity index (χ3v) is 5.24. The van der Waals surface area contributed by atoms with E-state index in [0.717, 1.165) is 46.7 Å². The van der Waals surface area contributed by atoms with Crippen molar-refractivity contribution in [3.8, 4) is 34.7 Å². The molecule has 7 heteroatoms. The first-order chi connectivity index (χ1) is 15.7. The lowest BCUT2D eigenvalue weighted by Crippen LogP contribution is -2.21. The molecule has 0 bridgehead atoms. The van der Waals surface area contributed by atoms with E-state index in [2.05, 4.69) is 30.1 Å². The first-order valence-electron chi connectivity index (χ1n) is 10.8. The van der Waals surface area contributed by atoms with Crippen molar-refractivity contribution in [1.29, 1.82) is 5.26 Å². The van der Waals surface area contributed by atoms with Crippen molar-refractivity contribution >= 4 is 0 Å². The smallest absolute Gasteiger partial charge is 0.244 e. The molecule has 0 aliphatic carbocycles. The lowest BCUT2D eigenvalue weighted by molar-refractivity contribution is 0.317. The van der Waals surface area contributed by atoms with Crippen LogP contribution in [-0.4, -0.2) is 23.4 Å². The molecule has 2 heterocycles. The number of fused-ring (bicyclic) bond motifs is 1. The van der Waals surface area contributed by atoms with Crippen LogP contribution in [0.2, 0.25) is 0 Å². The van der Waals surface area contributed by atoms with Gasteiger partial charge in [0.05, 0.1) is 30.4 Å². The molecule has 0 saturated heterocycles. The topological polar surface area (TPSA) is 106 Å². The Balaban J connectivity index is 1.74. The molecule has 32 heavy (non-hydrogen) atoms. The summed E-state index contributed by atoms with van der Waals surface area (Å²) in [6, 6.07) is 17.7. The largest absolute Gasteiger partial charge is 0.494 e. The fraction of sp³-hybridized carbons (Fsp3) is 0.280. The minimum atomic E-state index is -0.409. The zero-order chi connectivity index (χ0) is 22.5. The highest BCUT2D eigenvalue weighted by Crippen LogP contribution is 2.45. The predicted molar refractivity (Wildman–Crippen MR) is 121 cm³/mol. The molecule has 7 nitrogen and oxygen atoms in total. The number of aromatic amines is 1. The van der Waals surface area contributed by atoms with Gasteiger partial charge in [0.1, 0.15) is 23.1 Å². The molecule has 0 spiro atoms. The lowest BCUT2D eigenvalue weighted by atomic mass is 9.83. The number of nitrogens with one attached hydrogen (secondary N) is 1. The minimum Gasteiger partial charge on any atom is -0.494 e. The van der Waals surface area contributed by atoms with Crippen molar-refractivity contribution in [2.24, 2.45) is 5.73 Å². The van der Waals surface area contributed by atoms with Gasteiger partial charge in [-0.1, -0.05) is 26.0 Å². The SMILES string of the molecule is CCCOc1ccc(-c2[nH]nc3c2[C@H](c2ccc(OCCC)cc2)C(C#N)=C(N)O3)cc1. The lowest BCUT2D eigenvalue weighted by Gasteiger charge is -2.24. The summed E-state index contributed by atoms with van der Waals surface area (Å²) in [5, 5.41) is 17.3. The number of aromatic nitrogens is 2. The quantitative estimate of drug-likeness (QED) is 0.528. The maximum atomic E-state index is 9.87. The molecule has 164 valence electrons. The van der Waals surface area contributed by atoms with Gasteiger partial charge in [0.25, 0.3) is 0 Å². The van der Waals surface area contributed by atoms with Crippen LogP contribution < -0.4 is 19.9 Å². The molecule has 1 aliphatic rings. The van der Waals surface area contributed by atoms with Gasteiger partial charge in [-0.3, -0.25) is 5.10 Å². The van der Waals surface area contributed by atoms with Gasteiger partial charge in [0.15, 0.2) is 0 Å². The van der Waals surface area contributed by atoms with Crippen LogP contribution in [-0.2, 0) is 0 Å². The third-order valence-electron chi connectivity index (χ3n) is 5.24. The molecule has 3 aromatic rings. The maximum Gasteiger partial charge on any atom is 0.244 e. The van der Waals surface area contributed by atoms with E-state index in [1.54, 1.807) is 0 Å². The zero-order valence-corrected chi connectivity index (χ0v) is 18.2. The standard InChI is InChI=1S/C25H26N4O3/c1-3-13-30-18-9-5-16(6-10-18)21-20(15-26)24(27)32-25-22(21)23(28-29-25)17-7-11-19(12-8-17)31-14-4-2/h5-12,21H,3-4,13-14,27H2,1-2H3,(H,28,29)/t21-/m1/s1. The highest BCUT2D eigenvalue weighted by Gasteiger charge is 2.35. The second kappa shape index (κ2) is 9.48. The van der Waals surface area contributed by atoms with Crippen molar-refractivity contribution in [1.82, 2.24) is 10.2 Å². The average Bonchev–Trinajstić information content (AvgIpc) is 3.24. The summed E-state index contributed by atoms with van der Waals surface area (Å²) in [5.41, 5.74) is 9.81. The first-order valence-corrected chi connectivity index (χ1v) is 10.8. The summed E-state index contributed by atoms with van der Waals surface area (Å²) in [5.74, 6) is 1.63. The summed E-state index contributed by atoms with van der Waals surface area (Å²) >= 11 is 0. The van der Waals surface area contributed by atoms with E-state index in [-0.39, 0.29) is 5.88 Å². The Morgan fingerprint density at radius 1 is 1.00 bits per heavy atom. The van der Waals surface area contributed by atoms with Crippen LogP contribution in [0.5, 0.6) is 17.4 Å². The molecule has 0 amide bonds. The Labute approximate surface area is 187 Å². The second-order valence-corrected chi connectivity index (χ2v) is 7.53. The number of hydrogen-bond acceptors (Lipinski definition) is 6. The van der Waals surface area contributed by atoms with Crippen LogP contribution >= 0.6 is 0 Å². The van der Waals surface area contributed by atoms with Crippen LogP contribution in [0.4, 0.5) is 0 Å². The van der Waals surface area contributed by atoms with E-state index in [1.807, 2.05) is 48.5 Å². The van der Waals surface area contributed by atoms with E-state index in [0.29, 0.717) is 24.7 Å². The van der Waals surface area contributed by atoms with Crippen molar-refractivity contribution in [3.63, 3.8) is 0 Å². The Hall–Kier alpha value is -3.92. The van der Waals surface area contributed by atoms with Crippen LogP contribution in [0, 0.1) is 11.3 Å². The van der Waals surface area contributed by atoms with E-state index < -0.39 is 5.92 Å². The molecular weight excluding hydrogens is 404 g/mol. The Bertz CT molecular complexity index is 1140. The van der Waals surface area contributed by atoms with E-state index in [9.17, 15) is 5.26 Å². The number of nitrogens with two attached hydrogens (primary N) is 1. The summed E-state index contributed by atoms with van der Waals surface area (Å²) in [7, 11) is 0. The number of allylic oxidation sites excluding steroid dienone is 1. The van der Waals surface area contributed by atoms with Crippen LogP contribution in [0.15, 0.2) is 60.0 Å². The number of nitriles is 1. The van der Waals surface area contributed by atoms with Crippen molar-refractivity contribution in [2.45, 2.75) is 32.6 Å². The van der Waals surface area contributed by atoms with Gasteiger partial charge in [-0.05, 0) is 54.8 Å². The molecule has 4 rings (SSSR count). The van der Waals surface area contributed by atoms with Gasteiger partial charge in [0.2, 0.25) is 11.8 Å². The summed E-state index contributed by atoms with van der Waals surface area (Å²) < 4.78 is 17.1. The first kappa shape index (κ1) is 21.3. The van der Waals surface area contributed by atoms with Gasteiger partial charge in [-0.25, -0.2) is 0 Å². The molecule has 2 aromatic carbocycles. The van der Waals surface area contributed by atoms with Crippen molar-refractivity contribution in [2.75, 3.05) is 13.2 Å². The van der Waals surface area contributed by atoms with Gasteiger partial charge in [-0.15, -0.1) is 5.10 Å². The third kappa shape index (κ3) is 4.12. The van der Waals surface area contributed by atoms with Crippen LogP contribution in [0.1, 0.15) is 43.7 Å². The van der Waals surface area contributed by atoms with Crippen LogP contribution in [0.3, 0.4) is 0 Å². The monoisotopic (exact) mass is 430 g/mol. The Morgan fingerprint density at radius 3 is 2.16 bits per heavy atom. The molecule has 0 radical (unpaired) electrons. The summed E-state index contributed by atoms with van der Waals surface area (Å²) in [6.07, 6.45) is 1.88. The molecule has 0 saturated carbocycles. The fourth-order valence-corrected chi connectivity index (χ4v) is 3.71. The zero-order valence-electron chi connectivity index (χ0n) is 18.2.